The quantitative estimate of drug-likeness (QED) is 0.149. The summed E-state index contributed by atoms with van der Waals surface area (Å²) in [4.78, 5) is 9.41. The maximum atomic E-state index is 6.84. The van der Waals surface area contributed by atoms with E-state index in [2.05, 4.69) is 225 Å². The smallest absolute Gasteiger partial charge is 0.135 e. The SMILES string of the molecule is CC(C)(C)c1cc(Oc2[c-]c3c(cc2)c2ccccc2n3-c2cc(C(C)(C)C)ccn2)[c-]c(N2[CH-]N(c3cccc(C(C)(C)C)c3)C=C2C(C)(C)c2ccccc2)c1.[Pt]. The third-order valence-corrected chi connectivity index (χ3v) is 11.5. The first-order chi connectivity index (χ1) is 27.4. The van der Waals surface area contributed by atoms with Crippen LogP contribution in [0.25, 0.3) is 27.6 Å². The first-order valence-corrected chi connectivity index (χ1v) is 20.4. The molecule has 0 radical (unpaired) electrons. The molecule has 5 nitrogen and oxygen atoms in total. The second-order valence-corrected chi connectivity index (χ2v) is 19.3. The number of anilines is 2. The van der Waals surface area contributed by atoms with E-state index in [1.165, 1.54) is 16.7 Å². The monoisotopic (exact) mass is 958 g/mol. The largest absolute Gasteiger partial charge is 0.509 e. The molecule has 2 aromatic heterocycles. The van der Waals surface area contributed by atoms with Crippen molar-refractivity contribution in [3.05, 3.63) is 174 Å². The zero-order valence-corrected chi connectivity index (χ0v) is 38.5. The Morgan fingerprint density at radius 1 is 0.576 bits per heavy atom. The van der Waals surface area contributed by atoms with Gasteiger partial charge in [-0.15, -0.1) is 53.6 Å². The molecule has 1 aliphatic heterocycles. The van der Waals surface area contributed by atoms with Crippen LogP contribution in [0, 0.1) is 18.8 Å². The Hall–Kier alpha value is -5.12. The van der Waals surface area contributed by atoms with Crippen molar-refractivity contribution in [1.82, 2.24) is 9.55 Å². The molecule has 0 unspecified atom stereocenters. The van der Waals surface area contributed by atoms with Crippen molar-refractivity contribution in [3.63, 3.8) is 0 Å². The van der Waals surface area contributed by atoms with Gasteiger partial charge in [0.05, 0.1) is 0 Å². The number of hydrogen-bond donors (Lipinski definition) is 0. The first-order valence-electron chi connectivity index (χ1n) is 20.4. The minimum absolute atomic E-state index is 0. The molecule has 0 spiro atoms. The van der Waals surface area contributed by atoms with Gasteiger partial charge in [0, 0.05) is 61.1 Å². The third-order valence-electron chi connectivity index (χ3n) is 11.5. The van der Waals surface area contributed by atoms with E-state index in [1.54, 1.807) is 0 Å². The molecule has 5 aromatic carbocycles. The Morgan fingerprint density at radius 2 is 1.24 bits per heavy atom. The van der Waals surface area contributed by atoms with Gasteiger partial charge in [-0.2, -0.15) is 6.07 Å². The Balaban J connectivity index is 0.00000528. The molecular weight excluding hydrogens is 904 g/mol. The molecule has 0 N–H and O–H groups in total. The number of para-hydroxylation sites is 1. The average molecular weight is 959 g/mol. The maximum Gasteiger partial charge on any atom is 0.135 e. The molecule has 59 heavy (non-hydrogen) atoms. The van der Waals surface area contributed by atoms with Crippen LogP contribution in [0.4, 0.5) is 11.4 Å². The van der Waals surface area contributed by atoms with Crippen LogP contribution in [0.3, 0.4) is 0 Å². The molecule has 1 aliphatic rings. The molecule has 0 aliphatic carbocycles. The second-order valence-electron chi connectivity index (χ2n) is 19.3. The van der Waals surface area contributed by atoms with Crippen LogP contribution in [0.15, 0.2) is 133 Å². The van der Waals surface area contributed by atoms with Crippen molar-refractivity contribution in [3.8, 4) is 17.3 Å². The van der Waals surface area contributed by atoms with Crippen LogP contribution in [0.1, 0.15) is 98.4 Å². The van der Waals surface area contributed by atoms with E-state index in [1.807, 2.05) is 12.3 Å². The van der Waals surface area contributed by atoms with Gasteiger partial charge in [0.2, 0.25) is 0 Å². The van der Waals surface area contributed by atoms with E-state index in [-0.39, 0.29) is 42.7 Å². The number of aromatic nitrogens is 2. The van der Waals surface area contributed by atoms with Crippen molar-refractivity contribution in [2.75, 3.05) is 9.80 Å². The van der Waals surface area contributed by atoms with E-state index in [9.17, 15) is 0 Å². The summed E-state index contributed by atoms with van der Waals surface area (Å²) < 4.78 is 9.05. The zero-order chi connectivity index (χ0) is 41.2. The molecule has 306 valence electrons. The van der Waals surface area contributed by atoms with E-state index in [0.717, 1.165) is 50.3 Å². The molecule has 0 amide bonds. The van der Waals surface area contributed by atoms with Gasteiger partial charge in [-0.3, -0.25) is 0 Å². The molecule has 6 heteroatoms. The zero-order valence-electron chi connectivity index (χ0n) is 36.2. The normalized spacial score (nSPS) is 13.8. The van der Waals surface area contributed by atoms with Crippen molar-refractivity contribution in [2.24, 2.45) is 0 Å². The number of hydrogen-bond acceptors (Lipinski definition) is 4. The van der Waals surface area contributed by atoms with Gasteiger partial charge in [-0.25, -0.2) is 4.98 Å². The van der Waals surface area contributed by atoms with E-state index in [4.69, 9.17) is 9.72 Å². The third kappa shape index (κ3) is 8.24. The molecule has 3 heterocycles. The number of benzene rings is 5. The van der Waals surface area contributed by atoms with E-state index < -0.39 is 0 Å². The number of ether oxygens (including phenoxy) is 1. The fraction of sp³-hybridized carbons (Fsp3) is 0.283. The minimum Gasteiger partial charge on any atom is -0.509 e. The molecule has 8 rings (SSSR count). The number of nitrogens with zero attached hydrogens (tertiary/aromatic N) is 4. The molecule has 7 aromatic rings. The van der Waals surface area contributed by atoms with Crippen molar-refractivity contribution in [2.45, 2.75) is 97.8 Å². The Labute approximate surface area is 366 Å². The number of rotatable bonds is 7. The summed E-state index contributed by atoms with van der Waals surface area (Å²) >= 11 is 0. The maximum absolute atomic E-state index is 6.84. The van der Waals surface area contributed by atoms with Crippen LogP contribution in [-0.4, -0.2) is 9.55 Å². The van der Waals surface area contributed by atoms with Crippen LogP contribution in [0.2, 0.25) is 0 Å². The second kappa shape index (κ2) is 15.5. The standard InChI is InChI=1S/C53H55N4O.Pt/c1-50(2,3)37-20-17-21-40(28-37)55-34-48(53(10,11)36-18-13-12-14-19-36)56(35-55)41-29-39(52(7,8)9)30-43(32-41)58-42-24-25-45-44-22-15-16-23-46(44)57(47(45)33-42)49-31-38(26-27-54-49)51(4,5)6;/h12-31,34-35H,1-11H3;/q-3;. The fourth-order valence-corrected chi connectivity index (χ4v) is 7.79. The fourth-order valence-electron chi connectivity index (χ4n) is 7.79. The van der Waals surface area contributed by atoms with Gasteiger partial charge in [-0.05, 0) is 74.9 Å². The Bertz CT molecular complexity index is 2670. The van der Waals surface area contributed by atoms with Crippen LogP contribution in [0.5, 0.6) is 11.5 Å². The van der Waals surface area contributed by atoms with Gasteiger partial charge in [0.1, 0.15) is 5.82 Å². The van der Waals surface area contributed by atoms with Crippen LogP contribution < -0.4 is 14.5 Å². The molecular formula is C53H55N4OPt-3. The summed E-state index contributed by atoms with van der Waals surface area (Å²) in [6.45, 7) is 27.0. The van der Waals surface area contributed by atoms with Gasteiger partial charge >= 0.3 is 0 Å². The molecule has 0 atom stereocenters. The summed E-state index contributed by atoms with van der Waals surface area (Å²) in [5.41, 5.74) is 9.53. The van der Waals surface area contributed by atoms with Gasteiger partial charge in [0.15, 0.2) is 0 Å². The van der Waals surface area contributed by atoms with Crippen LogP contribution in [-0.2, 0) is 42.7 Å². The summed E-state index contributed by atoms with van der Waals surface area (Å²) in [6.07, 6.45) is 4.18. The molecule has 0 fully saturated rings. The van der Waals surface area contributed by atoms with Gasteiger partial charge in [-0.1, -0.05) is 142 Å². The average Bonchev–Trinajstić information content (AvgIpc) is 3.78. The summed E-state index contributed by atoms with van der Waals surface area (Å²) in [5, 5.41) is 2.24. The summed E-state index contributed by atoms with van der Waals surface area (Å²) in [6, 6.07) is 48.3. The van der Waals surface area contributed by atoms with E-state index >= 15 is 0 Å². The van der Waals surface area contributed by atoms with Crippen molar-refractivity contribution in [1.29, 1.82) is 0 Å². The van der Waals surface area contributed by atoms with Gasteiger partial charge < -0.3 is 19.1 Å². The van der Waals surface area contributed by atoms with Crippen LogP contribution >= 0.6 is 0 Å². The van der Waals surface area contributed by atoms with Crippen molar-refractivity contribution >= 4 is 33.2 Å². The summed E-state index contributed by atoms with van der Waals surface area (Å²) in [5.74, 6) is 2.10. The first kappa shape index (κ1) is 42.0. The number of pyridine rings is 1. The molecule has 0 saturated carbocycles. The Morgan fingerprint density at radius 3 is 1.95 bits per heavy atom. The predicted octanol–water partition coefficient (Wildman–Crippen LogP) is 13.7. The molecule has 0 saturated heterocycles. The minimum atomic E-state index is -0.342. The Kier molecular flexibility index (Phi) is 11.0. The predicted molar refractivity (Wildman–Crippen MR) is 242 cm³/mol. The number of fused-ring (bicyclic) bond motifs is 3. The van der Waals surface area contributed by atoms with E-state index in [0.29, 0.717) is 11.5 Å². The van der Waals surface area contributed by atoms with Crippen molar-refractivity contribution < 1.29 is 25.8 Å². The van der Waals surface area contributed by atoms with Gasteiger partial charge in [0.25, 0.3) is 0 Å². The molecule has 0 bridgehead atoms. The topological polar surface area (TPSA) is 33.5 Å². The summed E-state index contributed by atoms with van der Waals surface area (Å²) in [7, 11) is 0. The number of allylic oxidation sites excluding steroid dienone is 1.